The van der Waals surface area contributed by atoms with Crippen LogP contribution in [0.3, 0.4) is 0 Å². The van der Waals surface area contributed by atoms with Gasteiger partial charge in [0.25, 0.3) is 5.56 Å². The van der Waals surface area contributed by atoms with Crippen LogP contribution in [0.1, 0.15) is 5.56 Å². The predicted molar refractivity (Wildman–Crippen MR) is 101 cm³/mol. The summed E-state index contributed by atoms with van der Waals surface area (Å²) >= 11 is 1.19. The summed E-state index contributed by atoms with van der Waals surface area (Å²) in [6.45, 7) is 1.94. The van der Waals surface area contributed by atoms with Gasteiger partial charge in [-0.3, -0.25) is 14.0 Å². The Bertz CT molecular complexity index is 1210. The number of fused-ring (bicyclic) bond motifs is 3. The molecule has 0 fully saturated rings. The third-order valence-corrected chi connectivity index (χ3v) is 5.05. The summed E-state index contributed by atoms with van der Waals surface area (Å²) in [7, 11) is 0. The fourth-order valence-electron chi connectivity index (χ4n) is 2.94. The maximum Gasteiger partial charge on any atom is 0.267 e. The average molecular weight is 365 g/mol. The minimum absolute atomic E-state index is 0.0820. The van der Waals surface area contributed by atoms with Crippen LogP contribution >= 0.6 is 11.8 Å². The highest BCUT2D eigenvalue weighted by molar-refractivity contribution is 7.99. The van der Waals surface area contributed by atoms with Crippen molar-refractivity contribution >= 4 is 34.3 Å². The van der Waals surface area contributed by atoms with E-state index in [1.165, 1.54) is 11.8 Å². The molecule has 0 bridgehead atoms. The lowest BCUT2D eigenvalue weighted by atomic mass is 10.2. The molecule has 0 aliphatic heterocycles. The van der Waals surface area contributed by atoms with Crippen molar-refractivity contribution in [3.63, 3.8) is 0 Å². The number of rotatable bonds is 4. The van der Waals surface area contributed by atoms with Crippen LogP contribution in [0, 0.1) is 6.92 Å². The first kappa shape index (κ1) is 16.3. The van der Waals surface area contributed by atoms with Crippen molar-refractivity contribution in [1.29, 1.82) is 0 Å². The fraction of sp³-hybridized carbons (Fsp3) is 0.111. The first-order valence-corrected chi connectivity index (χ1v) is 8.92. The van der Waals surface area contributed by atoms with Gasteiger partial charge in [0.1, 0.15) is 0 Å². The number of carbonyl (C=O) groups is 1. The van der Waals surface area contributed by atoms with Crippen LogP contribution in [0.2, 0.25) is 0 Å². The van der Waals surface area contributed by atoms with E-state index in [0.717, 1.165) is 11.3 Å². The molecule has 0 unspecified atom stereocenters. The minimum atomic E-state index is -0.441. The van der Waals surface area contributed by atoms with Gasteiger partial charge in [-0.25, -0.2) is 4.57 Å². The highest BCUT2D eigenvalue weighted by Crippen LogP contribution is 2.23. The summed E-state index contributed by atoms with van der Waals surface area (Å²) in [4.78, 5) is 24.3. The fourth-order valence-corrected chi connectivity index (χ4v) is 3.62. The second kappa shape index (κ2) is 6.30. The molecule has 26 heavy (non-hydrogen) atoms. The molecule has 0 aliphatic carbocycles. The van der Waals surface area contributed by atoms with E-state index in [2.05, 4.69) is 10.2 Å². The molecule has 8 heteroatoms. The maximum atomic E-state index is 13.2. The summed E-state index contributed by atoms with van der Waals surface area (Å²) in [6, 6.07) is 14.9. The number of aryl methyl sites for hydroxylation is 1. The van der Waals surface area contributed by atoms with Crippen LogP contribution < -0.4 is 11.3 Å². The summed E-state index contributed by atoms with van der Waals surface area (Å²) in [5.74, 6) is 0.0387. The van der Waals surface area contributed by atoms with Crippen LogP contribution in [0.5, 0.6) is 0 Å². The molecule has 7 nitrogen and oxygen atoms in total. The number of carbonyl (C=O) groups excluding carboxylic acids is 1. The molecule has 0 aliphatic rings. The van der Waals surface area contributed by atoms with Gasteiger partial charge in [-0.2, -0.15) is 0 Å². The van der Waals surface area contributed by atoms with Gasteiger partial charge in [0.05, 0.1) is 22.3 Å². The smallest absolute Gasteiger partial charge is 0.267 e. The van der Waals surface area contributed by atoms with E-state index in [0.29, 0.717) is 21.8 Å². The van der Waals surface area contributed by atoms with E-state index >= 15 is 0 Å². The zero-order chi connectivity index (χ0) is 18.3. The summed E-state index contributed by atoms with van der Waals surface area (Å²) < 4.78 is 3.34. The average Bonchev–Trinajstić information content (AvgIpc) is 3.05. The third-order valence-electron chi connectivity index (χ3n) is 4.09. The van der Waals surface area contributed by atoms with Crippen LogP contribution in [-0.2, 0) is 4.79 Å². The molecule has 2 aromatic heterocycles. The Morgan fingerprint density at radius 3 is 2.62 bits per heavy atom. The van der Waals surface area contributed by atoms with E-state index in [9.17, 15) is 9.59 Å². The van der Waals surface area contributed by atoms with Gasteiger partial charge in [-0.15, -0.1) is 10.2 Å². The van der Waals surface area contributed by atoms with Gasteiger partial charge in [0, 0.05) is 0 Å². The molecule has 2 N–H and O–H groups in total. The molecule has 0 saturated carbocycles. The largest absolute Gasteiger partial charge is 0.369 e. The molecule has 1 amide bonds. The number of benzene rings is 2. The Morgan fingerprint density at radius 2 is 1.85 bits per heavy atom. The number of hydrogen-bond donors (Lipinski definition) is 1. The highest BCUT2D eigenvalue weighted by atomic mass is 32.2. The SMILES string of the molecule is Cc1ccccc1-n1c(=O)c2ccccc2n2c(SCC(N)=O)nnc12. The summed E-state index contributed by atoms with van der Waals surface area (Å²) in [5, 5.41) is 9.47. The standard InChI is InChI=1S/C18H15N5O2S/c1-11-6-2-4-8-13(11)22-16(25)12-7-3-5-9-14(12)23-17(22)20-21-18(23)26-10-15(19)24/h2-9H,10H2,1H3,(H2,19,24). The quantitative estimate of drug-likeness (QED) is 0.558. The molecule has 2 aromatic carbocycles. The van der Waals surface area contributed by atoms with Crippen LogP contribution in [-0.4, -0.2) is 30.8 Å². The Balaban J connectivity index is 2.12. The summed E-state index contributed by atoms with van der Waals surface area (Å²) in [5.41, 5.74) is 7.47. The van der Waals surface area contributed by atoms with E-state index in [1.807, 2.05) is 49.4 Å². The molecule has 0 radical (unpaired) electrons. The van der Waals surface area contributed by atoms with E-state index in [-0.39, 0.29) is 11.3 Å². The summed E-state index contributed by atoms with van der Waals surface area (Å²) in [6.07, 6.45) is 0. The van der Waals surface area contributed by atoms with Gasteiger partial charge in [-0.05, 0) is 30.7 Å². The van der Waals surface area contributed by atoms with Crippen molar-refractivity contribution in [3.8, 4) is 5.69 Å². The number of nitrogens with zero attached hydrogens (tertiary/aromatic N) is 4. The monoisotopic (exact) mass is 365 g/mol. The van der Waals surface area contributed by atoms with Gasteiger partial charge >= 0.3 is 0 Å². The van der Waals surface area contributed by atoms with Gasteiger partial charge < -0.3 is 5.73 Å². The zero-order valence-electron chi connectivity index (χ0n) is 13.9. The number of primary amides is 1. The van der Waals surface area contributed by atoms with Crippen LogP contribution in [0.4, 0.5) is 0 Å². The van der Waals surface area contributed by atoms with E-state index in [1.54, 1.807) is 15.0 Å². The van der Waals surface area contributed by atoms with Gasteiger partial charge in [0.2, 0.25) is 11.7 Å². The van der Waals surface area contributed by atoms with Gasteiger partial charge in [-0.1, -0.05) is 42.1 Å². The lowest BCUT2D eigenvalue weighted by Gasteiger charge is -2.13. The minimum Gasteiger partial charge on any atom is -0.369 e. The zero-order valence-corrected chi connectivity index (χ0v) is 14.7. The molecule has 0 saturated heterocycles. The van der Waals surface area contributed by atoms with Crippen molar-refractivity contribution in [2.24, 2.45) is 5.73 Å². The Hall–Kier alpha value is -3.13. The second-order valence-corrected chi connectivity index (χ2v) is 6.76. The van der Waals surface area contributed by atoms with Crippen molar-refractivity contribution in [2.75, 3.05) is 5.75 Å². The van der Waals surface area contributed by atoms with E-state index < -0.39 is 5.91 Å². The number of aromatic nitrogens is 4. The molecular formula is C18H15N5O2S. The van der Waals surface area contributed by atoms with Crippen LogP contribution in [0.15, 0.2) is 58.5 Å². The number of amides is 1. The first-order chi connectivity index (χ1) is 12.6. The lowest BCUT2D eigenvalue weighted by molar-refractivity contribution is -0.115. The Kier molecular flexibility index (Phi) is 3.96. The Morgan fingerprint density at radius 1 is 1.12 bits per heavy atom. The topological polar surface area (TPSA) is 95.3 Å². The molecule has 4 rings (SSSR count). The third kappa shape index (κ3) is 2.55. The van der Waals surface area contributed by atoms with Gasteiger partial charge in [0.15, 0.2) is 5.16 Å². The number of hydrogen-bond acceptors (Lipinski definition) is 5. The molecule has 130 valence electrons. The van der Waals surface area contributed by atoms with Crippen molar-refractivity contribution in [2.45, 2.75) is 12.1 Å². The van der Waals surface area contributed by atoms with Crippen molar-refractivity contribution < 1.29 is 4.79 Å². The molecule has 4 aromatic rings. The normalized spacial score (nSPS) is 11.3. The molecule has 0 atom stereocenters. The second-order valence-electron chi connectivity index (χ2n) is 5.82. The molecule has 0 spiro atoms. The number of nitrogens with two attached hydrogens (primary N) is 1. The first-order valence-electron chi connectivity index (χ1n) is 7.94. The molecule has 2 heterocycles. The lowest BCUT2D eigenvalue weighted by Crippen LogP contribution is -2.22. The highest BCUT2D eigenvalue weighted by Gasteiger charge is 2.18. The maximum absolute atomic E-state index is 13.2. The van der Waals surface area contributed by atoms with E-state index in [4.69, 9.17) is 5.73 Å². The Labute approximate surface area is 152 Å². The van der Waals surface area contributed by atoms with Crippen molar-refractivity contribution in [1.82, 2.24) is 19.2 Å². The predicted octanol–water partition coefficient (Wildman–Crippen LogP) is 1.92. The van der Waals surface area contributed by atoms with Crippen LogP contribution in [0.25, 0.3) is 22.4 Å². The van der Waals surface area contributed by atoms with Crippen molar-refractivity contribution in [3.05, 3.63) is 64.4 Å². The molecular weight excluding hydrogens is 350 g/mol. The number of para-hydroxylation sites is 2. The number of thioether (sulfide) groups is 1.